The average molecular weight is 322 g/mol. The number of rotatable bonds is 15. The zero-order valence-electron chi connectivity index (χ0n) is 13.3. The lowest BCUT2D eigenvalue weighted by Gasteiger charge is -2.16. The molecule has 0 aliphatic heterocycles. The highest BCUT2D eigenvalue weighted by molar-refractivity contribution is 7.16. The van der Waals surface area contributed by atoms with Crippen LogP contribution >= 0.6 is 18.5 Å². The molecule has 0 saturated carbocycles. The molecule has 3 heteroatoms. The van der Waals surface area contributed by atoms with E-state index in [0.29, 0.717) is 0 Å². The summed E-state index contributed by atoms with van der Waals surface area (Å²) in [5.41, 5.74) is 0. The average Bonchev–Trinajstić information content (AvgIpc) is 2.42. The van der Waals surface area contributed by atoms with Gasteiger partial charge in [0.25, 0.3) is 0 Å². The van der Waals surface area contributed by atoms with Crippen molar-refractivity contribution in [1.82, 2.24) is 0 Å². The zero-order valence-corrected chi connectivity index (χ0v) is 15.6. The maximum absolute atomic E-state index is 3.79. The van der Waals surface area contributed by atoms with Crippen molar-refractivity contribution < 1.29 is 4.70 Å². The maximum atomic E-state index is 3.79. The molecule has 0 rings (SSSR count). The van der Waals surface area contributed by atoms with Gasteiger partial charge in [0.05, 0.1) is 0 Å². The molecule has 0 N–H and O–H groups in total. The number of allylic oxidation sites excluding steroid dienone is 1. The quantitative estimate of drug-likeness (QED) is 0.187. The van der Waals surface area contributed by atoms with E-state index in [9.17, 15) is 0 Å². The van der Waals surface area contributed by atoms with Crippen LogP contribution in [0.15, 0.2) is 12.7 Å². The number of hydrogen-bond acceptors (Lipinski definition) is 0. The first-order valence-corrected chi connectivity index (χ1v) is 9.99. The van der Waals surface area contributed by atoms with E-state index in [0.717, 1.165) is 5.92 Å². The topological polar surface area (TPSA) is 0 Å². The molecule has 0 fully saturated rings. The van der Waals surface area contributed by atoms with E-state index in [1.54, 1.807) is 0 Å². The minimum atomic E-state index is 0. The fourth-order valence-electron chi connectivity index (χ4n) is 2.66. The third-order valence-corrected chi connectivity index (χ3v) is 4.72. The molecular formula is C17H37FP2. The molecule has 20 heavy (non-hydrogen) atoms. The van der Waals surface area contributed by atoms with E-state index in [2.05, 4.69) is 25.1 Å². The summed E-state index contributed by atoms with van der Waals surface area (Å²) in [6, 6.07) is 0. The van der Waals surface area contributed by atoms with Crippen LogP contribution in [0.5, 0.6) is 0 Å². The normalized spacial score (nSPS) is 10.6. The van der Waals surface area contributed by atoms with Crippen LogP contribution in [0.4, 0.5) is 4.70 Å². The summed E-state index contributed by atoms with van der Waals surface area (Å²) in [4.78, 5) is 0. The first-order chi connectivity index (χ1) is 9.35. The number of unbranched alkanes of at least 4 members (excludes halogenated alkanes) is 6. The highest BCUT2D eigenvalue weighted by atomic mass is 31.0. The SMILES string of the molecule is C=CCCCCCCC(CCCCP)CCCCP.F. The van der Waals surface area contributed by atoms with Gasteiger partial charge in [-0.1, -0.05) is 57.4 Å². The lowest BCUT2D eigenvalue weighted by atomic mass is 9.90. The predicted molar refractivity (Wildman–Crippen MR) is 101 cm³/mol. The Morgan fingerprint density at radius 1 is 0.700 bits per heavy atom. The Balaban J connectivity index is 0. The van der Waals surface area contributed by atoms with Crippen LogP contribution in [0.3, 0.4) is 0 Å². The first kappa shape index (κ1) is 22.8. The molecule has 0 aromatic rings. The summed E-state index contributed by atoms with van der Waals surface area (Å²) in [6.07, 6.45) is 21.5. The van der Waals surface area contributed by atoms with Gasteiger partial charge in [0.1, 0.15) is 0 Å². The fraction of sp³-hybridized carbons (Fsp3) is 0.882. The van der Waals surface area contributed by atoms with E-state index in [1.807, 2.05) is 6.08 Å². The van der Waals surface area contributed by atoms with Crippen molar-refractivity contribution in [3.63, 3.8) is 0 Å². The van der Waals surface area contributed by atoms with Crippen LogP contribution in [0.1, 0.15) is 77.0 Å². The monoisotopic (exact) mass is 322 g/mol. The summed E-state index contributed by atoms with van der Waals surface area (Å²) in [5.74, 6) is 1.01. The van der Waals surface area contributed by atoms with Gasteiger partial charge in [0, 0.05) is 0 Å². The van der Waals surface area contributed by atoms with Gasteiger partial charge in [-0.3, -0.25) is 4.70 Å². The number of halogens is 1. The van der Waals surface area contributed by atoms with Crippen molar-refractivity contribution in [3.8, 4) is 0 Å². The van der Waals surface area contributed by atoms with Gasteiger partial charge >= 0.3 is 0 Å². The molecule has 0 radical (unpaired) electrons. The van der Waals surface area contributed by atoms with Crippen LogP contribution < -0.4 is 0 Å². The van der Waals surface area contributed by atoms with Crippen molar-refractivity contribution >= 4 is 18.5 Å². The summed E-state index contributed by atoms with van der Waals surface area (Å²) in [7, 11) is 5.71. The van der Waals surface area contributed by atoms with E-state index >= 15 is 0 Å². The van der Waals surface area contributed by atoms with Crippen molar-refractivity contribution in [3.05, 3.63) is 12.7 Å². The van der Waals surface area contributed by atoms with Crippen LogP contribution in [0.2, 0.25) is 0 Å². The molecule has 2 unspecified atom stereocenters. The minimum Gasteiger partial charge on any atom is -0.269 e. The molecule has 0 saturated heterocycles. The second-order valence-electron chi connectivity index (χ2n) is 5.72. The second kappa shape index (κ2) is 19.5. The maximum Gasteiger partial charge on any atom is -0.0353 e. The summed E-state index contributed by atoms with van der Waals surface area (Å²) in [6.45, 7) is 3.79. The van der Waals surface area contributed by atoms with Crippen molar-refractivity contribution in [2.24, 2.45) is 5.92 Å². The molecule has 0 nitrogen and oxygen atoms in total. The van der Waals surface area contributed by atoms with Crippen LogP contribution in [0.25, 0.3) is 0 Å². The molecule has 2 atom stereocenters. The number of hydrogen-bond donors (Lipinski definition) is 0. The van der Waals surface area contributed by atoms with Gasteiger partial charge < -0.3 is 0 Å². The summed E-state index contributed by atoms with van der Waals surface area (Å²) in [5, 5.41) is 0. The first-order valence-electron chi connectivity index (χ1n) is 8.36. The summed E-state index contributed by atoms with van der Waals surface area (Å²) >= 11 is 0. The van der Waals surface area contributed by atoms with Crippen LogP contribution in [-0.2, 0) is 0 Å². The lowest BCUT2D eigenvalue weighted by molar-refractivity contribution is 0.378. The smallest absolute Gasteiger partial charge is 0.0353 e. The van der Waals surface area contributed by atoms with Crippen molar-refractivity contribution in [1.29, 1.82) is 0 Å². The van der Waals surface area contributed by atoms with Gasteiger partial charge in [-0.2, -0.15) is 0 Å². The largest absolute Gasteiger partial charge is 0.269 e. The Kier molecular flexibility index (Phi) is 22.3. The van der Waals surface area contributed by atoms with E-state index in [1.165, 1.54) is 89.4 Å². The van der Waals surface area contributed by atoms with Gasteiger partial charge in [-0.15, -0.1) is 25.1 Å². The van der Waals surface area contributed by atoms with Gasteiger partial charge in [0.2, 0.25) is 0 Å². The summed E-state index contributed by atoms with van der Waals surface area (Å²) < 4.78 is 0. The molecule has 0 amide bonds. The van der Waals surface area contributed by atoms with E-state index < -0.39 is 0 Å². The molecule has 0 bridgehead atoms. The Labute approximate surface area is 131 Å². The Morgan fingerprint density at radius 3 is 1.60 bits per heavy atom. The van der Waals surface area contributed by atoms with Crippen LogP contribution in [0, 0.1) is 5.92 Å². The lowest BCUT2D eigenvalue weighted by Crippen LogP contribution is -2.02. The Hall–Kier alpha value is 0.530. The molecule has 0 aromatic carbocycles. The van der Waals surface area contributed by atoms with E-state index in [-0.39, 0.29) is 4.70 Å². The van der Waals surface area contributed by atoms with Gasteiger partial charge in [-0.25, -0.2) is 0 Å². The minimum absolute atomic E-state index is 0. The fourth-order valence-corrected chi connectivity index (χ4v) is 3.24. The highest BCUT2D eigenvalue weighted by Crippen LogP contribution is 2.23. The molecule has 0 aromatic heterocycles. The van der Waals surface area contributed by atoms with Crippen LogP contribution in [-0.4, -0.2) is 12.3 Å². The Morgan fingerprint density at radius 2 is 1.15 bits per heavy atom. The van der Waals surface area contributed by atoms with Gasteiger partial charge in [0.15, 0.2) is 0 Å². The molecule has 0 aliphatic rings. The Bertz CT molecular complexity index is 176. The second-order valence-corrected chi connectivity index (χ2v) is 6.87. The molecule has 122 valence electrons. The molecule has 0 heterocycles. The van der Waals surface area contributed by atoms with E-state index in [4.69, 9.17) is 0 Å². The molecular weight excluding hydrogens is 285 g/mol. The standard InChI is InChI=1S/C17H36P2.FH/c1-2-3-4-5-6-7-12-17(13-8-10-15-18)14-9-11-16-19;/h2,17H,1,3-16,18-19H2;1H. The molecule has 0 spiro atoms. The highest BCUT2D eigenvalue weighted by Gasteiger charge is 2.08. The third-order valence-electron chi connectivity index (χ3n) is 3.90. The third kappa shape index (κ3) is 16.6. The van der Waals surface area contributed by atoms with Crippen molar-refractivity contribution in [2.45, 2.75) is 77.0 Å². The van der Waals surface area contributed by atoms with Crippen molar-refractivity contribution in [2.75, 3.05) is 12.3 Å². The predicted octanol–water partition coefficient (Wildman–Crippen LogP) is 6.37. The molecule has 0 aliphatic carbocycles. The zero-order chi connectivity index (χ0) is 14.2. The van der Waals surface area contributed by atoms with Gasteiger partial charge in [-0.05, 0) is 43.9 Å².